The first-order valence-corrected chi connectivity index (χ1v) is 6.32. The van der Waals surface area contributed by atoms with Crippen molar-refractivity contribution in [1.82, 2.24) is 4.90 Å². The lowest BCUT2D eigenvalue weighted by atomic mass is 10.1. The monoisotopic (exact) mass is 243 g/mol. The summed E-state index contributed by atoms with van der Waals surface area (Å²) in [4.78, 5) is 13.6. The number of esters is 1. The molecule has 5 nitrogen and oxygen atoms in total. The van der Waals surface area contributed by atoms with Gasteiger partial charge in [-0.3, -0.25) is 9.69 Å². The molecule has 2 heterocycles. The molecule has 0 saturated carbocycles. The van der Waals surface area contributed by atoms with Gasteiger partial charge in [-0.25, -0.2) is 0 Å². The number of hydrogen-bond acceptors (Lipinski definition) is 5. The van der Waals surface area contributed by atoms with Gasteiger partial charge in [-0.2, -0.15) is 0 Å². The molecule has 0 aromatic carbocycles. The van der Waals surface area contributed by atoms with Crippen LogP contribution in [0.5, 0.6) is 0 Å². The van der Waals surface area contributed by atoms with Crippen LogP contribution < -0.4 is 0 Å². The first-order chi connectivity index (χ1) is 8.20. The van der Waals surface area contributed by atoms with Crippen molar-refractivity contribution >= 4 is 5.97 Å². The first-order valence-electron chi connectivity index (χ1n) is 6.32. The van der Waals surface area contributed by atoms with Gasteiger partial charge < -0.3 is 14.6 Å². The molecule has 98 valence electrons. The van der Waals surface area contributed by atoms with E-state index in [4.69, 9.17) is 9.47 Å². The van der Waals surface area contributed by atoms with E-state index in [2.05, 4.69) is 0 Å². The van der Waals surface area contributed by atoms with Crippen molar-refractivity contribution in [2.75, 3.05) is 26.8 Å². The van der Waals surface area contributed by atoms with Crippen LogP contribution in [0.1, 0.15) is 25.7 Å². The topological polar surface area (TPSA) is 59.0 Å². The summed E-state index contributed by atoms with van der Waals surface area (Å²) in [6.45, 7) is 2.21. The van der Waals surface area contributed by atoms with E-state index in [1.54, 1.807) is 0 Å². The summed E-state index contributed by atoms with van der Waals surface area (Å²) in [6.07, 6.45) is 3.57. The maximum atomic E-state index is 11.6. The molecule has 2 rings (SSSR count). The lowest BCUT2D eigenvalue weighted by Crippen LogP contribution is -2.38. The van der Waals surface area contributed by atoms with Crippen molar-refractivity contribution in [2.24, 2.45) is 0 Å². The van der Waals surface area contributed by atoms with E-state index in [0.717, 1.165) is 32.4 Å². The van der Waals surface area contributed by atoms with Gasteiger partial charge in [0.15, 0.2) is 0 Å². The highest BCUT2D eigenvalue weighted by atomic mass is 16.5. The SMILES string of the molecule is COC(=O)C1CC(O)CN1CCC1CCCO1. The van der Waals surface area contributed by atoms with Crippen molar-refractivity contribution in [3.63, 3.8) is 0 Å². The van der Waals surface area contributed by atoms with Gasteiger partial charge in [0.2, 0.25) is 0 Å². The summed E-state index contributed by atoms with van der Waals surface area (Å²) < 4.78 is 10.3. The summed E-state index contributed by atoms with van der Waals surface area (Å²) in [7, 11) is 1.39. The Labute approximate surface area is 102 Å². The fraction of sp³-hybridized carbons (Fsp3) is 0.917. The number of ether oxygens (including phenoxy) is 2. The van der Waals surface area contributed by atoms with Gasteiger partial charge in [-0.1, -0.05) is 0 Å². The van der Waals surface area contributed by atoms with Crippen LogP contribution in [0.4, 0.5) is 0 Å². The third kappa shape index (κ3) is 3.18. The molecule has 1 N–H and O–H groups in total. The van der Waals surface area contributed by atoms with Crippen LogP contribution in [0, 0.1) is 0 Å². The van der Waals surface area contributed by atoms with Gasteiger partial charge in [-0.15, -0.1) is 0 Å². The highest BCUT2D eigenvalue weighted by Crippen LogP contribution is 2.22. The number of aliphatic hydroxyl groups is 1. The molecule has 0 amide bonds. The molecule has 2 saturated heterocycles. The number of rotatable bonds is 4. The molecule has 2 aliphatic rings. The Kier molecular flexibility index (Phi) is 4.36. The average molecular weight is 243 g/mol. The summed E-state index contributed by atoms with van der Waals surface area (Å²) in [5.74, 6) is -0.242. The van der Waals surface area contributed by atoms with Gasteiger partial charge in [0.25, 0.3) is 0 Å². The Morgan fingerprint density at radius 1 is 1.59 bits per heavy atom. The fourth-order valence-electron chi connectivity index (χ4n) is 2.69. The van der Waals surface area contributed by atoms with Crippen molar-refractivity contribution in [1.29, 1.82) is 0 Å². The van der Waals surface area contributed by atoms with Crippen molar-refractivity contribution < 1.29 is 19.4 Å². The predicted molar refractivity (Wildman–Crippen MR) is 61.6 cm³/mol. The lowest BCUT2D eigenvalue weighted by molar-refractivity contribution is -0.146. The lowest BCUT2D eigenvalue weighted by Gasteiger charge is -2.23. The second-order valence-corrected chi connectivity index (χ2v) is 4.85. The second-order valence-electron chi connectivity index (χ2n) is 4.85. The zero-order valence-corrected chi connectivity index (χ0v) is 10.3. The Bertz CT molecular complexity index is 265. The van der Waals surface area contributed by atoms with Gasteiger partial charge >= 0.3 is 5.97 Å². The standard InChI is InChI=1S/C12H21NO4/c1-16-12(15)11-7-9(14)8-13(11)5-4-10-3-2-6-17-10/h9-11,14H,2-8H2,1H3. The molecule has 5 heteroatoms. The Balaban J connectivity index is 1.82. The van der Waals surface area contributed by atoms with E-state index < -0.39 is 6.10 Å². The molecule has 17 heavy (non-hydrogen) atoms. The molecule has 3 unspecified atom stereocenters. The molecule has 2 fully saturated rings. The molecular weight excluding hydrogens is 222 g/mol. The number of hydrogen-bond donors (Lipinski definition) is 1. The minimum absolute atomic E-state index is 0.242. The first kappa shape index (κ1) is 12.8. The number of carbonyl (C=O) groups is 1. The minimum Gasteiger partial charge on any atom is -0.468 e. The fourth-order valence-corrected chi connectivity index (χ4v) is 2.69. The third-order valence-electron chi connectivity index (χ3n) is 3.62. The van der Waals surface area contributed by atoms with Crippen LogP contribution in [-0.2, 0) is 14.3 Å². The molecule has 3 atom stereocenters. The number of β-amino-alcohol motifs (C(OH)–C–C–N with tert-alkyl or cyclic N) is 1. The molecule has 0 bridgehead atoms. The van der Waals surface area contributed by atoms with Crippen LogP contribution in [-0.4, -0.2) is 61.0 Å². The maximum Gasteiger partial charge on any atom is 0.323 e. The van der Waals surface area contributed by atoms with Crippen LogP contribution in [0.25, 0.3) is 0 Å². The third-order valence-corrected chi connectivity index (χ3v) is 3.62. The second kappa shape index (κ2) is 5.80. The Morgan fingerprint density at radius 2 is 2.41 bits per heavy atom. The Hall–Kier alpha value is -0.650. The number of methoxy groups -OCH3 is 1. The van der Waals surface area contributed by atoms with E-state index in [9.17, 15) is 9.90 Å². The summed E-state index contributed by atoms with van der Waals surface area (Å²) in [6, 6.07) is -0.281. The smallest absolute Gasteiger partial charge is 0.323 e. The van der Waals surface area contributed by atoms with Crippen molar-refractivity contribution in [3.8, 4) is 0 Å². The highest BCUT2D eigenvalue weighted by Gasteiger charge is 2.36. The van der Waals surface area contributed by atoms with Crippen LogP contribution in [0.3, 0.4) is 0 Å². The van der Waals surface area contributed by atoms with Gasteiger partial charge in [-0.05, 0) is 19.3 Å². The number of aliphatic hydroxyl groups excluding tert-OH is 1. The summed E-state index contributed by atoms with van der Waals surface area (Å²) >= 11 is 0. The number of likely N-dealkylation sites (tertiary alicyclic amines) is 1. The summed E-state index contributed by atoms with van der Waals surface area (Å²) in [5.41, 5.74) is 0. The van der Waals surface area contributed by atoms with Crippen LogP contribution >= 0.6 is 0 Å². The molecule has 2 aliphatic heterocycles. The van der Waals surface area contributed by atoms with Gasteiger partial charge in [0.05, 0.1) is 19.3 Å². The van der Waals surface area contributed by atoms with E-state index in [0.29, 0.717) is 19.1 Å². The van der Waals surface area contributed by atoms with E-state index in [1.165, 1.54) is 7.11 Å². The minimum atomic E-state index is -0.413. The van der Waals surface area contributed by atoms with Gasteiger partial charge in [0.1, 0.15) is 6.04 Å². The summed E-state index contributed by atoms with van der Waals surface area (Å²) in [5, 5.41) is 9.63. The zero-order chi connectivity index (χ0) is 12.3. The highest BCUT2D eigenvalue weighted by molar-refractivity contribution is 5.76. The Morgan fingerprint density at radius 3 is 3.06 bits per heavy atom. The van der Waals surface area contributed by atoms with Crippen LogP contribution in [0.2, 0.25) is 0 Å². The maximum absolute atomic E-state index is 11.6. The number of nitrogens with zero attached hydrogens (tertiary/aromatic N) is 1. The number of carbonyl (C=O) groups excluding carboxylic acids is 1. The van der Waals surface area contributed by atoms with Crippen molar-refractivity contribution in [3.05, 3.63) is 0 Å². The zero-order valence-electron chi connectivity index (χ0n) is 10.3. The quantitative estimate of drug-likeness (QED) is 0.713. The normalized spacial score (nSPS) is 34.1. The molecular formula is C12H21NO4. The molecule has 0 aliphatic carbocycles. The van der Waals surface area contributed by atoms with E-state index in [1.807, 2.05) is 4.90 Å². The largest absolute Gasteiger partial charge is 0.468 e. The molecule has 0 aromatic rings. The molecule has 0 aromatic heterocycles. The van der Waals surface area contributed by atoms with E-state index in [-0.39, 0.29) is 12.0 Å². The van der Waals surface area contributed by atoms with Crippen LogP contribution in [0.15, 0.2) is 0 Å². The predicted octanol–water partition coefficient (Wildman–Crippen LogP) is 0.164. The average Bonchev–Trinajstić information content (AvgIpc) is 2.94. The van der Waals surface area contributed by atoms with Gasteiger partial charge in [0, 0.05) is 26.1 Å². The van der Waals surface area contributed by atoms with Crippen molar-refractivity contribution in [2.45, 2.75) is 43.9 Å². The van der Waals surface area contributed by atoms with E-state index >= 15 is 0 Å². The molecule has 0 radical (unpaired) electrons. The molecule has 0 spiro atoms.